The maximum Gasteiger partial charge on any atom is 0.236 e. The van der Waals surface area contributed by atoms with Crippen LogP contribution in [0.25, 0.3) is 10.2 Å². The van der Waals surface area contributed by atoms with Gasteiger partial charge in [0.05, 0.1) is 26.2 Å². The lowest BCUT2D eigenvalue weighted by Crippen LogP contribution is -2.15. The number of hydrogen-bond acceptors (Lipinski definition) is 4. The summed E-state index contributed by atoms with van der Waals surface area (Å²) in [6.45, 7) is 1.88. The van der Waals surface area contributed by atoms with Gasteiger partial charge in [0, 0.05) is 5.02 Å². The monoisotopic (exact) mass is 386 g/mol. The Morgan fingerprint density at radius 1 is 1.13 bits per heavy atom. The van der Waals surface area contributed by atoms with Crippen LogP contribution < -0.4 is 4.72 Å². The van der Waals surface area contributed by atoms with Gasteiger partial charge in [0.2, 0.25) is 10.0 Å². The largest absolute Gasteiger partial charge is 0.282 e. The van der Waals surface area contributed by atoms with Gasteiger partial charge in [-0.05, 0) is 36.8 Å². The van der Waals surface area contributed by atoms with E-state index in [2.05, 4.69) is 9.71 Å². The highest BCUT2D eigenvalue weighted by atomic mass is 35.5. The van der Waals surface area contributed by atoms with Crippen LogP contribution in [0.2, 0.25) is 10.0 Å². The van der Waals surface area contributed by atoms with Crippen molar-refractivity contribution in [1.82, 2.24) is 4.98 Å². The number of sulfonamides is 1. The van der Waals surface area contributed by atoms with Crippen molar-refractivity contribution in [2.24, 2.45) is 0 Å². The number of nitrogens with one attached hydrogen (secondary N) is 1. The molecule has 0 aliphatic carbocycles. The topological polar surface area (TPSA) is 59.1 Å². The van der Waals surface area contributed by atoms with Gasteiger partial charge in [-0.15, -0.1) is 11.3 Å². The summed E-state index contributed by atoms with van der Waals surface area (Å²) in [7, 11) is -3.59. The third-order valence-electron chi connectivity index (χ3n) is 3.14. The number of fused-ring (bicyclic) bond motifs is 1. The van der Waals surface area contributed by atoms with E-state index < -0.39 is 10.0 Å². The third kappa shape index (κ3) is 3.77. The molecule has 0 atom stereocenters. The zero-order chi connectivity index (χ0) is 16.6. The van der Waals surface area contributed by atoms with Crippen molar-refractivity contribution in [1.29, 1.82) is 0 Å². The molecule has 1 aromatic heterocycles. The van der Waals surface area contributed by atoms with Crippen LogP contribution in [0.15, 0.2) is 36.4 Å². The molecule has 0 fully saturated rings. The number of aryl methyl sites for hydroxylation is 1. The van der Waals surface area contributed by atoms with Crippen molar-refractivity contribution >= 4 is 60.5 Å². The number of halogens is 2. The van der Waals surface area contributed by atoms with E-state index >= 15 is 0 Å². The number of rotatable bonds is 4. The van der Waals surface area contributed by atoms with E-state index in [9.17, 15) is 8.42 Å². The molecule has 0 bridgehead atoms. The molecule has 1 heterocycles. The molecule has 0 aliphatic rings. The summed E-state index contributed by atoms with van der Waals surface area (Å²) in [5.74, 6) is -0.158. The van der Waals surface area contributed by atoms with E-state index in [1.165, 1.54) is 11.3 Å². The van der Waals surface area contributed by atoms with Gasteiger partial charge in [-0.2, -0.15) is 0 Å². The Balaban J connectivity index is 1.88. The van der Waals surface area contributed by atoms with Gasteiger partial charge in [-0.3, -0.25) is 4.72 Å². The fourth-order valence-electron chi connectivity index (χ4n) is 2.16. The van der Waals surface area contributed by atoms with Gasteiger partial charge < -0.3 is 0 Å². The molecule has 0 amide bonds. The number of thiazole rings is 1. The molecule has 0 spiro atoms. The fourth-order valence-corrected chi connectivity index (χ4v) is 4.69. The maximum atomic E-state index is 12.3. The van der Waals surface area contributed by atoms with Gasteiger partial charge in [0.25, 0.3) is 0 Å². The molecular formula is C15H12Cl2N2O2S2. The zero-order valence-corrected chi connectivity index (χ0v) is 15.2. The first kappa shape index (κ1) is 16.5. The van der Waals surface area contributed by atoms with Crippen LogP contribution in [-0.2, 0) is 15.8 Å². The number of nitrogens with zero attached hydrogens (tertiary/aromatic N) is 1. The first-order valence-electron chi connectivity index (χ1n) is 6.65. The fraction of sp³-hybridized carbons (Fsp3) is 0.133. The Labute approximate surface area is 148 Å². The molecule has 3 rings (SSSR count). The molecule has 8 heteroatoms. The van der Waals surface area contributed by atoms with Crippen LogP contribution in [0.1, 0.15) is 10.6 Å². The average molecular weight is 387 g/mol. The van der Waals surface area contributed by atoms with Gasteiger partial charge >= 0.3 is 0 Å². The van der Waals surface area contributed by atoms with Crippen LogP contribution in [0, 0.1) is 6.92 Å². The number of benzene rings is 2. The molecule has 0 saturated carbocycles. The summed E-state index contributed by atoms with van der Waals surface area (Å²) in [6, 6.07) is 10.1. The van der Waals surface area contributed by atoms with E-state index in [1.54, 1.807) is 30.3 Å². The third-order valence-corrected chi connectivity index (χ3v) is 5.96. The molecule has 0 radical (unpaired) electrons. The second-order valence-corrected chi connectivity index (χ2v) is 8.77. The highest BCUT2D eigenvalue weighted by Gasteiger charge is 2.16. The van der Waals surface area contributed by atoms with Gasteiger partial charge in [-0.25, -0.2) is 13.4 Å². The van der Waals surface area contributed by atoms with E-state index in [1.807, 2.05) is 13.0 Å². The van der Waals surface area contributed by atoms with E-state index in [0.717, 1.165) is 9.71 Å². The Morgan fingerprint density at radius 3 is 2.52 bits per heavy atom. The molecule has 23 heavy (non-hydrogen) atoms. The van der Waals surface area contributed by atoms with Gasteiger partial charge in [-0.1, -0.05) is 35.3 Å². The number of hydrogen-bond donors (Lipinski definition) is 1. The predicted molar refractivity (Wildman–Crippen MR) is 97.1 cm³/mol. The first-order chi connectivity index (χ1) is 10.8. The minimum atomic E-state index is -3.59. The molecule has 0 aliphatic heterocycles. The summed E-state index contributed by atoms with van der Waals surface area (Å²) in [5, 5.41) is 1.75. The minimum absolute atomic E-state index is 0.158. The second-order valence-electron chi connectivity index (χ2n) is 4.99. The first-order valence-corrected chi connectivity index (χ1v) is 9.87. The quantitative estimate of drug-likeness (QED) is 0.696. The molecule has 2 aromatic carbocycles. The van der Waals surface area contributed by atoms with Crippen LogP contribution >= 0.6 is 34.5 Å². The van der Waals surface area contributed by atoms with Crippen LogP contribution in [0.5, 0.6) is 0 Å². The Bertz CT molecular complexity index is 967. The highest BCUT2D eigenvalue weighted by Crippen LogP contribution is 2.34. The van der Waals surface area contributed by atoms with Crippen molar-refractivity contribution in [3.63, 3.8) is 0 Å². The Kier molecular flexibility index (Phi) is 4.51. The summed E-state index contributed by atoms with van der Waals surface area (Å²) in [4.78, 5) is 4.33. The lowest BCUT2D eigenvalue weighted by molar-refractivity contribution is 0.600. The molecular weight excluding hydrogens is 375 g/mol. The molecule has 1 N–H and O–H groups in total. The molecule has 120 valence electrons. The standard InChI is InChI=1S/C15H12Cl2N2O2S2/c1-9-18-15-13(22-9)7-6-12(14(15)17)19-23(20,21)8-10-2-4-11(16)5-3-10/h2-7,19H,8H2,1H3. The highest BCUT2D eigenvalue weighted by molar-refractivity contribution is 7.91. The summed E-state index contributed by atoms with van der Waals surface area (Å²) in [5.41, 5.74) is 1.59. The molecule has 4 nitrogen and oxygen atoms in total. The Morgan fingerprint density at radius 2 is 1.83 bits per heavy atom. The summed E-state index contributed by atoms with van der Waals surface area (Å²) >= 11 is 13.6. The lowest BCUT2D eigenvalue weighted by Gasteiger charge is -2.10. The van der Waals surface area contributed by atoms with Crippen molar-refractivity contribution in [3.8, 4) is 0 Å². The van der Waals surface area contributed by atoms with Gasteiger partial charge in [0.1, 0.15) is 5.52 Å². The van der Waals surface area contributed by atoms with Crippen LogP contribution in [0.3, 0.4) is 0 Å². The predicted octanol–water partition coefficient (Wildman–Crippen LogP) is 4.85. The van der Waals surface area contributed by atoms with Crippen molar-refractivity contribution in [3.05, 3.63) is 57.0 Å². The van der Waals surface area contributed by atoms with Gasteiger partial charge in [0.15, 0.2) is 0 Å². The molecule has 0 unspecified atom stereocenters. The molecule has 0 saturated heterocycles. The second kappa shape index (κ2) is 6.28. The maximum absolute atomic E-state index is 12.3. The van der Waals surface area contributed by atoms with E-state index in [4.69, 9.17) is 23.2 Å². The van der Waals surface area contributed by atoms with Crippen LogP contribution in [0.4, 0.5) is 5.69 Å². The number of anilines is 1. The van der Waals surface area contributed by atoms with Crippen LogP contribution in [-0.4, -0.2) is 13.4 Å². The lowest BCUT2D eigenvalue weighted by atomic mass is 10.2. The molecule has 3 aromatic rings. The Hall–Kier alpha value is -1.34. The van der Waals surface area contributed by atoms with Crippen molar-refractivity contribution in [2.45, 2.75) is 12.7 Å². The van der Waals surface area contributed by atoms with Crippen molar-refractivity contribution in [2.75, 3.05) is 4.72 Å². The average Bonchev–Trinajstić information content (AvgIpc) is 2.86. The van der Waals surface area contributed by atoms with E-state index in [-0.39, 0.29) is 5.75 Å². The minimum Gasteiger partial charge on any atom is -0.282 e. The SMILES string of the molecule is Cc1nc2c(Cl)c(NS(=O)(=O)Cc3ccc(Cl)cc3)ccc2s1. The van der Waals surface area contributed by atoms with E-state index in [0.29, 0.717) is 26.8 Å². The number of aromatic nitrogens is 1. The normalized spacial score (nSPS) is 11.8. The smallest absolute Gasteiger partial charge is 0.236 e. The summed E-state index contributed by atoms with van der Waals surface area (Å²) < 4.78 is 28.1. The summed E-state index contributed by atoms with van der Waals surface area (Å²) in [6.07, 6.45) is 0. The zero-order valence-electron chi connectivity index (χ0n) is 12.0. The van der Waals surface area contributed by atoms with Crippen molar-refractivity contribution < 1.29 is 8.42 Å².